The monoisotopic (exact) mass is 306 g/mol. The molecule has 0 saturated heterocycles. The first-order valence-corrected chi connectivity index (χ1v) is 6.09. The number of nitrogens with one attached hydrogen (secondary N) is 1. The van der Waals surface area contributed by atoms with Crippen molar-refractivity contribution in [3.05, 3.63) is 27.7 Å². The van der Waals surface area contributed by atoms with Crippen LogP contribution in [0.25, 0.3) is 0 Å². The Labute approximate surface area is 106 Å². The summed E-state index contributed by atoms with van der Waals surface area (Å²) in [6.45, 7) is 0.605. The fourth-order valence-corrected chi connectivity index (χ4v) is 2.51. The van der Waals surface area contributed by atoms with Gasteiger partial charge in [0.1, 0.15) is 5.75 Å². The minimum atomic E-state index is -2.50. The molecule has 1 aliphatic rings. The lowest BCUT2D eigenvalue weighted by molar-refractivity contribution is 0.0981. The number of hydrazine groups is 1. The zero-order valence-corrected chi connectivity index (χ0v) is 10.6. The van der Waals surface area contributed by atoms with Crippen molar-refractivity contribution < 1.29 is 13.5 Å². The second kappa shape index (κ2) is 5.29. The average molecular weight is 307 g/mol. The maximum Gasteiger partial charge on any atom is 0.255 e. The summed E-state index contributed by atoms with van der Waals surface area (Å²) in [4.78, 5) is 0. The van der Waals surface area contributed by atoms with Gasteiger partial charge in [-0.2, -0.15) is 0 Å². The van der Waals surface area contributed by atoms with Gasteiger partial charge in [0.15, 0.2) is 0 Å². The smallest absolute Gasteiger partial charge is 0.255 e. The van der Waals surface area contributed by atoms with Gasteiger partial charge in [-0.15, -0.1) is 0 Å². The minimum Gasteiger partial charge on any atom is -0.493 e. The molecule has 0 aromatic heterocycles. The highest BCUT2D eigenvalue weighted by Gasteiger charge is 2.24. The van der Waals surface area contributed by atoms with Crippen molar-refractivity contribution in [2.24, 2.45) is 5.84 Å². The van der Waals surface area contributed by atoms with E-state index in [-0.39, 0.29) is 6.42 Å². The molecule has 1 heterocycles. The Morgan fingerprint density at radius 2 is 2.24 bits per heavy atom. The quantitative estimate of drug-likeness (QED) is 0.661. The lowest BCUT2D eigenvalue weighted by Crippen LogP contribution is -2.42. The molecule has 0 radical (unpaired) electrons. The zero-order valence-electron chi connectivity index (χ0n) is 9.05. The molecule has 1 aromatic rings. The summed E-state index contributed by atoms with van der Waals surface area (Å²) in [6.07, 6.45) is -1.54. The van der Waals surface area contributed by atoms with Crippen LogP contribution in [0.15, 0.2) is 16.6 Å². The molecule has 1 unspecified atom stereocenters. The Bertz CT molecular complexity index is 415. The van der Waals surface area contributed by atoms with Gasteiger partial charge in [-0.1, -0.05) is 15.9 Å². The van der Waals surface area contributed by atoms with Gasteiger partial charge >= 0.3 is 0 Å². The Morgan fingerprint density at radius 3 is 2.88 bits per heavy atom. The molecule has 1 atom stereocenters. The lowest BCUT2D eigenvalue weighted by atomic mass is 10.0. The van der Waals surface area contributed by atoms with E-state index >= 15 is 0 Å². The predicted molar refractivity (Wildman–Crippen MR) is 64.2 cm³/mol. The predicted octanol–water partition coefficient (Wildman–Crippen LogP) is 2.02. The van der Waals surface area contributed by atoms with Crippen LogP contribution < -0.4 is 16.0 Å². The second-order valence-electron chi connectivity index (χ2n) is 3.96. The average Bonchev–Trinajstić information content (AvgIpc) is 2.72. The third-order valence-corrected chi connectivity index (χ3v) is 3.24. The first-order chi connectivity index (χ1) is 8.11. The number of hydrogen-bond acceptors (Lipinski definition) is 3. The van der Waals surface area contributed by atoms with Crippen LogP contribution in [0.3, 0.4) is 0 Å². The number of hydrogen-bond donors (Lipinski definition) is 2. The standard InChI is InChI=1S/C11H13BrF2N2O/c12-8-3-6-1-2-17-10(6)7(4-8)5-9(16-15)11(13)14/h3-4,9,11,16H,1-2,5,15H2. The van der Waals surface area contributed by atoms with Crippen LogP contribution in [0.2, 0.25) is 0 Å². The topological polar surface area (TPSA) is 47.3 Å². The van der Waals surface area contributed by atoms with Crippen LogP contribution in [-0.4, -0.2) is 19.1 Å². The van der Waals surface area contributed by atoms with Gasteiger partial charge in [-0.05, 0) is 29.7 Å². The van der Waals surface area contributed by atoms with E-state index in [9.17, 15) is 8.78 Å². The van der Waals surface area contributed by atoms with Gasteiger partial charge in [0, 0.05) is 10.9 Å². The van der Waals surface area contributed by atoms with E-state index in [1.165, 1.54) is 0 Å². The van der Waals surface area contributed by atoms with E-state index in [0.717, 1.165) is 27.8 Å². The van der Waals surface area contributed by atoms with E-state index in [1.807, 2.05) is 6.07 Å². The molecule has 1 aromatic carbocycles. The fourth-order valence-electron chi connectivity index (χ4n) is 1.96. The molecule has 2 rings (SSSR count). The zero-order chi connectivity index (χ0) is 12.4. The van der Waals surface area contributed by atoms with Crippen LogP contribution >= 0.6 is 15.9 Å². The summed E-state index contributed by atoms with van der Waals surface area (Å²) >= 11 is 3.37. The molecule has 3 N–H and O–H groups in total. The highest BCUT2D eigenvalue weighted by Crippen LogP contribution is 2.34. The molecule has 0 spiro atoms. The molecule has 0 fully saturated rings. The van der Waals surface area contributed by atoms with Gasteiger partial charge in [0.2, 0.25) is 0 Å². The summed E-state index contributed by atoms with van der Waals surface area (Å²) < 4.78 is 31.6. The number of ether oxygens (including phenoxy) is 1. The Balaban J connectivity index is 2.26. The van der Waals surface area contributed by atoms with Crippen LogP contribution in [0.5, 0.6) is 5.75 Å². The molecule has 3 nitrogen and oxygen atoms in total. The number of fused-ring (bicyclic) bond motifs is 1. The molecule has 0 aliphatic carbocycles. The van der Waals surface area contributed by atoms with E-state index in [0.29, 0.717) is 6.61 Å². The van der Waals surface area contributed by atoms with Crippen LogP contribution in [0, 0.1) is 0 Å². The van der Waals surface area contributed by atoms with Gasteiger partial charge in [0.05, 0.1) is 12.6 Å². The molecule has 0 amide bonds. The summed E-state index contributed by atoms with van der Waals surface area (Å²) in [7, 11) is 0. The molecular formula is C11H13BrF2N2O. The Kier molecular flexibility index (Phi) is 3.96. The highest BCUT2D eigenvalue weighted by molar-refractivity contribution is 9.10. The first-order valence-electron chi connectivity index (χ1n) is 5.30. The molecule has 6 heteroatoms. The minimum absolute atomic E-state index is 0.149. The molecule has 17 heavy (non-hydrogen) atoms. The van der Waals surface area contributed by atoms with Crippen LogP contribution in [0.1, 0.15) is 11.1 Å². The maximum absolute atomic E-state index is 12.6. The summed E-state index contributed by atoms with van der Waals surface area (Å²) in [5.74, 6) is 5.85. The normalized spacial score (nSPS) is 15.8. The Hall–Kier alpha value is -0.720. The van der Waals surface area contributed by atoms with E-state index in [2.05, 4.69) is 21.4 Å². The second-order valence-corrected chi connectivity index (χ2v) is 4.88. The van der Waals surface area contributed by atoms with Crippen molar-refractivity contribution >= 4 is 15.9 Å². The van der Waals surface area contributed by atoms with E-state index < -0.39 is 12.5 Å². The molecule has 0 saturated carbocycles. The molecular weight excluding hydrogens is 294 g/mol. The molecule has 94 valence electrons. The SMILES string of the molecule is NNC(Cc1cc(Br)cc2c1OCC2)C(F)F. The van der Waals surface area contributed by atoms with Crippen LogP contribution in [-0.2, 0) is 12.8 Å². The van der Waals surface area contributed by atoms with E-state index in [1.54, 1.807) is 6.07 Å². The third kappa shape index (κ3) is 2.75. The van der Waals surface area contributed by atoms with Crippen molar-refractivity contribution in [2.45, 2.75) is 25.3 Å². The van der Waals surface area contributed by atoms with Gasteiger partial charge in [-0.3, -0.25) is 11.3 Å². The van der Waals surface area contributed by atoms with Crippen molar-refractivity contribution in [3.8, 4) is 5.75 Å². The van der Waals surface area contributed by atoms with Crippen molar-refractivity contribution in [3.63, 3.8) is 0 Å². The summed E-state index contributed by atoms with van der Waals surface area (Å²) in [5.41, 5.74) is 3.95. The number of rotatable bonds is 4. The highest BCUT2D eigenvalue weighted by atomic mass is 79.9. The summed E-state index contributed by atoms with van der Waals surface area (Å²) in [6, 6.07) is 2.70. The van der Waals surface area contributed by atoms with Gasteiger partial charge in [-0.25, -0.2) is 8.78 Å². The molecule has 0 bridgehead atoms. The van der Waals surface area contributed by atoms with Crippen molar-refractivity contribution in [1.29, 1.82) is 0 Å². The van der Waals surface area contributed by atoms with Gasteiger partial charge < -0.3 is 4.74 Å². The first kappa shape index (κ1) is 12.7. The largest absolute Gasteiger partial charge is 0.493 e. The summed E-state index contributed by atoms with van der Waals surface area (Å²) in [5, 5.41) is 0. The number of halogens is 3. The van der Waals surface area contributed by atoms with E-state index in [4.69, 9.17) is 10.6 Å². The number of alkyl halides is 2. The number of nitrogens with two attached hydrogens (primary N) is 1. The molecule has 1 aliphatic heterocycles. The third-order valence-electron chi connectivity index (χ3n) is 2.78. The van der Waals surface area contributed by atoms with Crippen molar-refractivity contribution in [2.75, 3.05) is 6.61 Å². The maximum atomic E-state index is 12.6. The van der Waals surface area contributed by atoms with Gasteiger partial charge in [0.25, 0.3) is 6.43 Å². The Morgan fingerprint density at radius 1 is 1.47 bits per heavy atom. The van der Waals surface area contributed by atoms with Crippen molar-refractivity contribution in [1.82, 2.24) is 5.43 Å². The lowest BCUT2D eigenvalue weighted by Gasteiger charge is -2.16. The van der Waals surface area contributed by atoms with Crippen LogP contribution in [0.4, 0.5) is 8.78 Å². The number of benzene rings is 1. The fraction of sp³-hybridized carbons (Fsp3) is 0.455.